The summed E-state index contributed by atoms with van der Waals surface area (Å²) < 4.78 is 4.53. The van der Waals surface area contributed by atoms with Crippen LogP contribution in [0.15, 0.2) is 11.1 Å². The van der Waals surface area contributed by atoms with Gasteiger partial charge in [-0.1, -0.05) is 0 Å². The molecule has 0 bridgehead atoms. The molecule has 5 heteroatoms. The molecule has 0 aromatic rings. The van der Waals surface area contributed by atoms with Crippen molar-refractivity contribution in [3.05, 3.63) is 11.1 Å². The van der Waals surface area contributed by atoms with Gasteiger partial charge in [0.1, 0.15) is 0 Å². The van der Waals surface area contributed by atoms with Crippen LogP contribution in [-0.4, -0.2) is 30.2 Å². The molecule has 0 spiro atoms. The summed E-state index contributed by atoms with van der Waals surface area (Å²) in [5.41, 5.74) is 7.04. The van der Waals surface area contributed by atoms with Gasteiger partial charge in [-0.15, -0.1) is 0 Å². The van der Waals surface area contributed by atoms with Gasteiger partial charge in [0.25, 0.3) is 5.97 Å². The molecular formula is C10H19NO4. The van der Waals surface area contributed by atoms with Crippen LogP contribution in [0.2, 0.25) is 0 Å². The van der Waals surface area contributed by atoms with Crippen LogP contribution in [0, 0.1) is 0 Å². The van der Waals surface area contributed by atoms with E-state index in [-0.39, 0.29) is 12.0 Å². The maximum Gasteiger partial charge on any atom is 0.333 e. The highest BCUT2D eigenvalue weighted by atomic mass is 16.5. The number of methoxy groups -OCH3 is 1. The van der Waals surface area contributed by atoms with Gasteiger partial charge in [0.05, 0.1) is 7.11 Å². The Hall–Kier alpha value is -1.36. The summed E-state index contributed by atoms with van der Waals surface area (Å²) >= 11 is 0. The maximum absolute atomic E-state index is 10.9. The molecule has 1 unspecified atom stereocenters. The van der Waals surface area contributed by atoms with Gasteiger partial charge in [-0.2, -0.15) is 0 Å². The van der Waals surface area contributed by atoms with Gasteiger partial charge < -0.3 is 15.6 Å². The second kappa shape index (κ2) is 7.99. The van der Waals surface area contributed by atoms with Crippen LogP contribution >= 0.6 is 0 Å². The van der Waals surface area contributed by atoms with Crippen LogP contribution in [0.4, 0.5) is 0 Å². The Labute approximate surface area is 89.9 Å². The minimum atomic E-state index is -0.833. The summed E-state index contributed by atoms with van der Waals surface area (Å²) in [5, 5.41) is 7.42. The van der Waals surface area contributed by atoms with Gasteiger partial charge in [-0.25, -0.2) is 4.79 Å². The zero-order chi connectivity index (χ0) is 12.6. The molecule has 5 nitrogen and oxygen atoms in total. The molecule has 0 amide bonds. The molecule has 0 aliphatic carbocycles. The third-order valence-corrected chi connectivity index (χ3v) is 1.77. The average Bonchev–Trinajstić information content (AvgIpc) is 2.13. The van der Waals surface area contributed by atoms with Gasteiger partial charge >= 0.3 is 5.97 Å². The summed E-state index contributed by atoms with van der Waals surface area (Å²) in [4.78, 5) is 19.9. The number of rotatable bonds is 2. The summed E-state index contributed by atoms with van der Waals surface area (Å²) in [6, 6.07) is -0.0888. The molecule has 0 saturated heterocycles. The molecule has 0 heterocycles. The lowest BCUT2D eigenvalue weighted by Crippen LogP contribution is -2.19. The maximum atomic E-state index is 10.9. The summed E-state index contributed by atoms with van der Waals surface area (Å²) in [5.74, 6) is -1.14. The molecule has 3 N–H and O–H groups in total. The minimum absolute atomic E-state index is 0.0888. The summed E-state index contributed by atoms with van der Waals surface area (Å²) in [7, 11) is 1.36. The number of carbonyl (C=O) groups excluding carboxylic acids is 1. The number of hydrogen-bond donors (Lipinski definition) is 2. The van der Waals surface area contributed by atoms with Crippen molar-refractivity contribution in [2.45, 2.75) is 33.7 Å². The fourth-order valence-electron chi connectivity index (χ4n) is 0.656. The number of carbonyl (C=O) groups is 2. The van der Waals surface area contributed by atoms with Crippen molar-refractivity contribution < 1.29 is 19.4 Å². The van der Waals surface area contributed by atoms with Crippen LogP contribution in [0.5, 0.6) is 0 Å². The lowest BCUT2D eigenvalue weighted by Gasteiger charge is -2.08. The van der Waals surface area contributed by atoms with Crippen molar-refractivity contribution in [2.24, 2.45) is 5.73 Å². The third kappa shape index (κ3) is 8.96. The van der Waals surface area contributed by atoms with Gasteiger partial charge in [0, 0.05) is 18.5 Å². The molecule has 0 rings (SSSR count). The number of nitrogens with two attached hydrogens (primary N) is 1. The lowest BCUT2D eigenvalue weighted by molar-refractivity contribution is -0.136. The highest BCUT2D eigenvalue weighted by Gasteiger charge is 2.09. The van der Waals surface area contributed by atoms with E-state index in [2.05, 4.69) is 4.74 Å². The Morgan fingerprint density at radius 2 is 1.60 bits per heavy atom. The third-order valence-electron chi connectivity index (χ3n) is 1.77. The zero-order valence-electron chi connectivity index (χ0n) is 9.83. The van der Waals surface area contributed by atoms with E-state index in [1.165, 1.54) is 7.11 Å². The zero-order valence-corrected chi connectivity index (χ0v) is 9.83. The lowest BCUT2D eigenvalue weighted by atomic mass is 10.1. The van der Waals surface area contributed by atoms with Crippen LogP contribution < -0.4 is 5.73 Å². The van der Waals surface area contributed by atoms with E-state index in [0.717, 1.165) is 12.5 Å². The van der Waals surface area contributed by atoms with E-state index in [1.54, 1.807) is 6.92 Å². The molecule has 15 heavy (non-hydrogen) atoms. The van der Waals surface area contributed by atoms with Gasteiger partial charge in [0.2, 0.25) is 0 Å². The molecule has 0 aromatic carbocycles. The molecule has 1 atom stereocenters. The van der Waals surface area contributed by atoms with Gasteiger partial charge in [-0.05, 0) is 26.3 Å². The van der Waals surface area contributed by atoms with Crippen molar-refractivity contribution in [3.63, 3.8) is 0 Å². The summed E-state index contributed by atoms with van der Waals surface area (Å²) in [6.07, 6.45) is 0. The standard InChI is InChI=1S/C8H15NO2.C2H4O2/c1-5(7(3)9)6(2)8(10)11-4;1-2(3)4/h7H,9H2,1-4H3;1H3,(H,3,4). The van der Waals surface area contributed by atoms with E-state index >= 15 is 0 Å². The Morgan fingerprint density at radius 3 is 1.80 bits per heavy atom. The Balaban J connectivity index is 0. The first kappa shape index (κ1) is 16.1. The molecule has 0 saturated carbocycles. The largest absolute Gasteiger partial charge is 0.481 e. The van der Waals surface area contributed by atoms with E-state index in [4.69, 9.17) is 15.6 Å². The van der Waals surface area contributed by atoms with Crippen LogP contribution in [0.3, 0.4) is 0 Å². The quantitative estimate of drug-likeness (QED) is 0.530. The Bertz CT molecular complexity index is 252. The Kier molecular flexibility index (Phi) is 8.57. The molecular weight excluding hydrogens is 198 g/mol. The summed E-state index contributed by atoms with van der Waals surface area (Å²) in [6.45, 7) is 6.46. The average molecular weight is 217 g/mol. The number of esters is 1. The number of hydrogen-bond acceptors (Lipinski definition) is 4. The smallest absolute Gasteiger partial charge is 0.333 e. The van der Waals surface area contributed by atoms with Crippen LogP contribution in [0.25, 0.3) is 0 Å². The van der Waals surface area contributed by atoms with E-state index in [9.17, 15) is 4.79 Å². The van der Waals surface area contributed by atoms with Crippen LogP contribution in [0.1, 0.15) is 27.7 Å². The van der Waals surface area contributed by atoms with Crippen molar-refractivity contribution in [1.29, 1.82) is 0 Å². The monoisotopic (exact) mass is 217 g/mol. The second-order valence-electron chi connectivity index (χ2n) is 3.11. The topological polar surface area (TPSA) is 89.6 Å². The van der Waals surface area contributed by atoms with Crippen molar-refractivity contribution in [1.82, 2.24) is 0 Å². The van der Waals surface area contributed by atoms with Crippen LogP contribution in [-0.2, 0) is 14.3 Å². The van der Waals surface area contributed by atoms with Gasteiger partial charge in [0.15, 0.2) is 0 Å². The number of carboxylic acids is 1. The van der Waals surface area contributed by atoms with Gasteiger partial charge in [-0.3, -0.25) is 4.79 Å². The molecule has 0 fully saturated rings. The van der Waals surface area contributed by atoms with Crippen molar-refractivity contribution in [2.75, 3.05) is 7.11 Å². The SMILES string of the molecule is CC(=O)O.COC(=O)C(C)=C(C)C(C)N. The van der Waals surface area contributed by atoms with E-state index in [0.29, 0.717) is 5.57 Å². The normalized spacial score (nSPS) is 12.9. The van der Waals surface area contributed by atoms with E-state index < -0.39 is 5.97 Å². The minimum Gasteiger partial charge on any atom is -0.481 e. The number of carboxylic acid groups (broad SMARTS) is 1. The molecule has 0 aliphatic heterocycles. The predicted octanol–water partition coefficient (Wildman–Crippen LogP) is 0.934. The van der Waals surface area contributed by atoms with E-state index in [1.807, 2.05) is 13.8 Å². The predicted molar refractivity (Wildman–Crippen MR) is 57.3 cm³/mol. The first-order valence-electron chi connectivity index (χ1n) is 4.44. The Morgan fingerprint density at radius 1 is 1.27 bits per heavy atom. The highest BCUT2D eigenvalue weighted by molar-refractivity contribution is 5.88. The first-order chi connectivity index (χ1) is 6.73. The number of aliphatic carboxylic acids is 1. The van der Waals surface area contributed by atoms with Crippen molar-refractivity contribution in [3.8, 4) is 0 Å². The number of ether oxygens (including phenoxy) is 1. The molecule has 0 radical (unpaired) electrons. The van der Waals surface area contributed by atoms with Crippen molar-refractivity contribution >= 4 is 11.9 Å². The first-order valence-corrected chi connectivity index (χ1v) is 4.44. The molecule has 88 valence electrons. The fourth-order valence-corrected chi connectivity index (χ4v) is 0.656. The fraction of sp³-hybridized carbons (Fsp3) is 0.600. The molecule has 0 aliphatic rings. The second-order valence-corrected chi connectivity index (χ2v) is 3.11. The highest BCUT2D eigenvalue weighted by Crippen LogP contribution is 2.07. The molecule has 0 aromatic heterocycles.